The lowest BCUT2D eigenvalue weighted by atomic mass is 10.2. The zero-order valence-electron chi connectivity index (χ0n) is 9.18. The van der Waals surface area contributed by atoms with Crippen LogP contribution in [0.2, 0.25) is 0 Å². The van der Waals surface area contributed by atoms with Gasteiger partial charge in [-0.2, -0.15) is 0 Å². The fraction of sp³-hybridized carbons (Fsp3) is 0.0769. The number of benzene rings is 1. The number of carbonyl (C=O) groups excluding carboxylic acids is 1. The van der Waals surface area contributed by atoms with Gasteiger partial charge in [0.1, 0.15) is 5.03 Å². The van der Waals surface area contributed by atoms with Crippen LogP contribution in [-0.2, 0) is 0 Å². The van der Waals surface area contributed by atoms with Crippen LogP contribution in [0.4, 0.5) is 0 Å². The third-order valence-corrected chi connectivity index (χ3v) is 4.15. The quantitative estimate of drug-likeness (QED) is 0.796. The predicted molar refractivity (Wildman–Crippen MR) is 72.5 cm³/mol. The van der Waals surface area contributed by atoms with E-state index >= 15 is 0 Å². The SMILES string of the molecule is CC(=O)c1ccnc(Sc2ccccc2Br)c1. The number of pyridine rings is 1. The Morgan fingerprint density at radius 1 is 1.29 bits per heavy atom. The van der Waals surface area contributed by atoms with Gasteiger partial charge in [0.25, 0.3) is 0 Å². The van der Waals surface area contributed by atoms with Crippen LogP contribution in [0.25, 0.3) is 0 Å². The van der Waals surface area contributed by atoms with Crippen molar-refractivity contribution in [1.82, 2.24) is 4.98 Å². The molecule has 2 rings (SSSR count). The first-order valence-corrected chi connectivity index (χ1v) is 6.67. The molecule has 17 heavy (non-hydrogen) atoms. The van der Waals surface area contributed by atoms with E-state index in [0.29, 0.717) is 5.56 Å². The second-order valence-electron chi connectivity index (χ2n) is 3.47. The molecule has 4 heteroatoms. The van der Waals surface area contributed by atoms with Crippen LogP contribution in [0.1, 0.15) is 17.3 Å². The molecule has 2 nitrogen and oxygen atoms in total. The molecule has 0 N–H and O–H groups in total. The molecular formula is C13H10BrNOS. The molecule has 1 heterocycles. The Bertz CT molecular complexity index is 557. The van der Waals surface area contributed by atoms with Gasteiger partial charge in [-0.05, 0) is 47.1 Å². The fourth-order valence-electron chi connectivity index (χ4n) is 1.32. The zero-order chi connectivity index (χ0) is 12.3. The van der Waals surface area contributed by atoms with E-state index in [9.17, 15) is 4.79 Å². The van der Waals surface area contributed by atoms with E-state index in [2.05, 4.69) is 20.9 Å². The highest BCUT2D eigenvalue weighted by Crippen LogP contribution is 2.32. The molecule has 1 aromatic heterocycles. The highest BCUT2D eigenvalue weighted by molar-refractivity contribution is 9.10. The summed E-state index contributed by atoms with van der Waals surface area (Å²) in [6, 6.07) is 11.5. The third kappa shape index (κ3) is 3.17. The van der Waals surface area contributed by atoms with Crippen molar-refractivity contribution in [1.29, 1.82) is 0 Å². The van der Waals surface area contributed by atoms with Crippen molar-refractivity contribution in [2.45, 2.75) is 16.8 Å². The number of aromatic nitrogens is 1. The van der Waals surface area contributed by atoms with Crippen LogP contribution in [0.3, 0.4) is 0 Å². The van der Waals surface area contributed by atoms with Gasteiger partial charge in [0, 0.05) is 21.1 Å². The molecule has 0 bridgehead atoms. The Hall–Kier alpha value is -1.13. The summed E-state index contributed by atoms with van der Waals surface area (Å²) >= 11 is 5.02. The van der Waals surface area contributed by atoms with Crippen molar-refractivity contribution in [3.05, 3.63) is 52.6 Å². The van der Waals surface area contributed by atoms with Crippen molar-refractivity contribution in [3.63, 3.8) is 0 Å². The summed E-state index contributed by atoms with van der Waals surface area (Å²) < 4.78 is 1.03. The highest BCUT2D eigenvalue weighted by Gasteiger charge is 2.05. The van der Waals surface area contributed by atoms with Gasteiger partial charge in [0.15, 0.2) is 5.78 Å². The van der Waals surface area contributed by atoms with Gasteiger partial charge in [-0.25, -0.2) is 4.98 Å². The Morgan fingerprint density at radius 3 is 2.76 bits per heavy atom. The average Bonchev–Trinajstić information content (AvgIpc) is 2.32. The lowest BCUT2D eigenvalue weighted by Crippen LogP contribution is -1.93. The molecule has 0 aliphatic heterocycles. The molecule has 0 saturated carbocycles. The Labute approximate surface area is 113 Å². The van der Waals surface area contributed by atoms with E-state index in [1.54, 1.807) is 19.2 Å². The first-order valence-electron chi connectivity index (χ1n) is 5.06. The number of hydrogen-bond donors (Lipinski definition) is 0. The van der Waals surface area contributed by atoms with Gasteiger partial charge in [-0.1, -0.05) is 23.9 Å². The maximum atomic E-state index is 11.3. The summed E-state index contributed by atoms with van der Waals surface area (Å²) in [5, 5.41) is 0.824. The molecule has 0 spiro atoms. The highest BCUT2D eigenvalue weighted by atomic mass is 79.9. The first kappa shape index (κ1) is 12.3. The maximum Gasteiger partial charge on any atom is 0.159 e. The van der Waals surface area contributed by atoms with Crippen LogP contribution in [0.15, 0.2) is 57.0 Å². The number of nitrogens with zero attached hydrogens (tertiary/aromatic N) is 1. The lowest BCUT2D eigenvalue weighted by molar-refractivity contribution is 0.101. The molecule has 0 aliphatic rings. The summed E-state index contributed by atoms with van der Waals surface area (Å²) in [5.74, 6) is 0.0568. The monoisotopic (exact) mass is 307 g/mol. The first-order chi connectivity index (χ1) is 8.16. The van der Waals surface area contributed by atoms with Gasteiger partial charge in [0.05, 0.1) is 0 Å². The molecule has 0 amide bonds. The molecule has 0 aliphatic carbocycles. The number of hydrogen-bond acceptors (Lipinski definition) is 3. The van der Waals surface area contributed by atoms with Crippen LogP contribution in [0.5, 0.6) is 0 Å². The van der Waals surface area contributed by atoms with Gasteiger partial charge < -0.3 is 0 Å². The Morgan fingerprint density at radius 2 is 2.06 bits per heavy atom. The second-order valence-corrected chi connectivity index (χ2v) is 5.39. The van der Waals surface area contributed by atoms with Gasteiger partial charge >= 0.3 is 0 Å². The molecule has 0 saturated heterocycles. The van der Waals surface area contributed by atoms with Crippen molar-refractivity contribution >= 4 is 33.5 Å². The smallest absolute Gasteiger partial charge is 0.159 e. The summed E-state index contributed by atoms with van der Waals surface area (Å²) in [7, 11) is 0. The van der Waals surface area contributed by atoms with E-state index in [1.165, 1.54) is 11.8 Å². The van der Waals surface area contributed by atoms with Crippen molar-refractivity contribution in [2.24, 2.45) is 0 Å². The molecule has 0 unspecified atom stereocenters. The minimum absolute atomic E-state index is 0.0568. The van der Waals surface area contributed by atoms with E-state index in [1.807, 2.05) is 30.3 Å². The van der Waals surface area contributed by atoms with Gasteiger partial charge in [-0.3, -0.25) is 4.79 Å². The van der Waals surface area contributed by atoms with Crippen molar-refractivity contribution in [2.75, 3.05) is 0 Å². The van der Waals surface area contributed by atoms with Crippen LogP contribution in [0, 0.1) is 0 Å². The predicted octanol–water partition coefficient (Wildman–Crippen LogP) is 4.20. The standard InChI is InChI=1S/C13H10BrNOS/c1-9(16)10-6-7-15-13(8-10)17-12-5-3-2-4-11(12)14/h2-8H,1H3. The minimum atomic E-state index is 0.0568. The Balaban J connectivity index is 2.28. The third-order valence-electron chi connectivity index (χ3n) is 2.19. The normalized spacial score (nSPS) is 10.2. The van der Waals surface area contributed by atoms with E-state index < -0.39 is 0 Å². The number of carbonyl (C=O) groups is 1. The number of rotatable bonds is 3. The fourth-order valence-corrected chi connectivity index (χ4v) is 2.69. The molecule has 0 radical (unpaired) electrons. The van der Waals surface area contributed by atoms with E-state index in [0.717, 1.165) is 14.4 Å². The molecule has 2 aromatic rings. The number of ketones is 1. The summed E-state index contributed by atoms with van der Waals surface area (Å²) in [4.78, 5) is 16.6. The van der Waals surface area contributed by atoms with Crippen LogP contribution < -0.4 is 0 Å². The van der Waals surface area contributed by atoms with E-state index in [-0.39, 0.29) is 5.78 Å². The van der Waals surface area contributed by atoms with Gasteiger partial charge in [-0.15, -0.1) is 0 Å². The largest absolute Gasteiger partial charge is 0.295 e. The summed E-state index contributed by atoms with van der Waals surface area (Å²) in [6.07, 6.45) is 1.66. The number of Topliss-reactive ketones (excluding diaryl/α,β-unsaturated/α-hetero) is 1. The Kier molecular flexibility index (Phi) is 3.97. The zero-order valence-corrected chi connectivity index (χ0v) is 11.6. The van der Waals surface area contributed by atoms with E-state index in [4.69, 9.17) is 0 Å². The number of halogens is 1. The molecule has 0 fully saturated rings. The minimum Gasteiger partial charge on any atom is -0.295 e. The maximum absolute atomic E-state index is 11.3. The van der Waals surface area contributed by atoms with Crippen LogP contribution in [-0.4, -0.2) is 10.8 Å². The van der Waals surface area contributed by atoms with Crippen molar-refractivity contribution < 1.29 is 4.79 Å². The van der Waals surface area contributed by atoms with Crippen LogP contribution >= 0.6 is 27.7 Å². The topological polar surface area (TPSA) is 30.0 Å². The average molecular weight is 308 g/mol. The molecular weight excluding hydrogens is 298 g/mol. The lowest BCUT2D eigenvalue weighted by Gasteiger charge is -2.04. The molecule has 0 atom stereocenters. The van der Waals surface area contributed by atoms with Gasteiger partial charge in [0.2, 0.25) is 0 Å². The van der Waals surface area contributed by atoms with Crippen molar-refractivity contribution in [3.8, 4) is 0 Å². The molecule has 86 valence electrons. The second kappa shape index (κ2) is 5.47. The summed E-state index contributed by atoms with van der Waals surface area (Å²) in [6.45, 7) is 1.56. The summed E-state index contributed by atoms with van der Waals surface area (Å²) in [5.41, 5.74) is 0.689. The molecule has 1 aromatic carbocycles.